The topological polar surface area (TPSA) is 84.2 Å². The normalized spacial score (nSPS) is 22.0. The van der Waals surface area contributed by atoms with E-state index in [-0.39, 0.29) is 17.9 Å². The number of sulfone groups is 1. The van der Waals surface area contributed by atoms with Crippen molar-refractivity contribution in [2.24, 2.45) is 0 Å². The molecule has 0 spiro atoms. The SMILES string of the molecule is CCOC(=O)C1CC(C#N)(S(=O)(=O)c2ccccc2)c2ccccc21. The van der Waals surface area contributed by atoms with E-state index in [2.05, 4.69) is 0 Å². The van der Waals surface area contributed by atoms with Crippen LogP contribution in [0.2, 0.25) is 0 Å². The Bertz CT molecular complexity index is 947. The molecule has 128 valence electrons. The van der Waals surface area contributed by atoms with E-state index in [1.165, 1.54) is 12.1 Å². The van der Waals surface area contributed by atoms with E-state index in [9.17, 15) is 18.5 Å². The maximum Gasteiger partial charge on any atom is 0.313 e. The van der Waals surface area contributed by atoms with Crippen LogP contribution >= 0.6 is 0 Å². The molecule has 1 aliphatic carbocycles. The van der Waals surface area contributed by atoms with Crippen molar-refractivity contribution in [3.63, 3.8) is 0 Å². The summed E-state index contributed by atoms with van der Waals surface area (Å²) in [5.41, 5.74) is 0.904. The van der Waals surface area contributed by atoms with Gasteiger partial charge in [0.15, 0.2) is 4.75 Å². The van der Waals surface area contributed by atoms with Crippen LogP contribution in [-0.2, 0) is 24.1 Å². The van der Waals surface area contributed by atoms with E-state index in [0.29, 0.717) is 11.1 Å². The maximum absolute atomic E-state index is 13.3. The molecule has 0 N–H and O–H groups in total. The average molecular weight is 355 g/mol. The van der Waals surface area contributed by atoms with Gasteiger partial charge >= 0.3 is 5.97 Å². The zero-order chi connectivity index (χ0) is 18.1. The largest absolute Gasteiger partial charge is 0.466 e. The van der Waals surface area contributed by atoms with Gasteiger partial charge in [-0.25, -0.2) is 8.42 Å². The Morgan fingerprint density at radius 1 is 1.20 bits per heavy atom. The van der Waals surface area contributed by atoms with Crippen LogP contribution in [0.3, 0.4) is 0 Å². The molecule has 2 aromatic carbocycles. The zero-order valence-electron chi connectivity index (χ0n) is 13.7. The Morgan fingerprint density at radius 2 is 1.84 bits per heavy atom. The molecule has 0 bridgehead atoms. The summed E-state index contributed by atoms with van der Waals surface area (Å²) in [7, 11) is -4.01. The molecule has 2 aromatic rings. The van der Waals surface area contributed by atoms with E-state index in [0.717, 1.165) is 0 Å². The van der Waals surface area contributed by atoms with Crippen LogP contribution in [0.15, 0.2) is 59.5 Å². The van der Waals surface area contributed by atoms with E-state index in [1.54, 1.807) is 49.4 Å². The number of nitrogens with zero attached hydrogens (tertiary/aromatic N) is 1. The van der Waals surface area contributed by atoms with E-state index >= 15 is 0 Å². The third-order valence-electron chi connectivity index (χ3n) is 4.53. The van der Waals surface area contributed by atoms with Crippen molar-refractivity contribution in [2.75, 3.05) is 6.61 Å². The Balaban J connectivity index is 2.21. The minimum Gasteiger partial charge on any atom is -0.466 e. The summed E-state index contributed by atoms with van der Waals surface area (Å²) in [6.07, 6.45) is -0.140. The first-order valence-electron chi connectivity index (χ1n) is 7.95. The molecule has 2 atom stereocenters. The molecule has 0 saturated heterocycles. The third kappa shape index (κ3) is 2.52. The van der Waals surface area contributed by atoms with Gasteiger partial charge in [0.05, 0.1) is 23.5 Å². The summed E-state index contributed by atoms with van der Waals surface area (Å²) in [4.78, 5) is 12.4. The van der Waals surface area contributed by atoms with Gasteiger partial charge in [-0.1, -0.05) is 42.5 Å². The fraction of sp³-hybridized carbons (Fsp3) is 0.263. The fourth-order valence-electron chi connectivity index (χ4n) is 3.35. The quantitative estimate of drug-likeness (QED) is 0.787. The molecule has 0 fully saturated rings. The Labute approximate surface area is 146 Å². The number of hydrogen-bond acceptors (Lipinski definition) is 5. The number of benzene rings is 2. The number of nitriles is 1. The molecule has 0 aromatic heterocycles. The van der Waals surface area contributed by atoms with Crippen LogP contribution in [0.25, 0.3) is 0 Å². The summed E-state index contributed by atoms with van der Waals surface area (Å²) in [6, 6.07) is 16.6. The second-order valence-electron chi connectivity index (χ2n) is 5.85. The first-order valence-corrected chi connectivity index (χ1v) is 9.43. The highest BCUT2D eigenvalue weighted by atomic mass is 32.2. The number of carbonyl (C=O) groups excluding carboxylic acids is 1. The third-order valence-corrected chi connectivity index (χ3v) is 6.81. The molecule has 25 heavy (non-hydrogen) atoms. The summed E-state index contributed by atoms with van der Waals surface area (Å²) < 4.78 is 29.9. The van der Waals surface area contributed by atoms with Crippen molar-refractivity contribution in [1.29, 1.82) is 5.26 Å². The van der Waals surface area contributed by atoms with Crippen LogP contribution in [0.1, 0.15) is 30.4 Å². The van der Waals surface area contributed by atoms with Gasteiger partial charge in [0.1, 0.15) is 0 Å². The van der Waals surface area contributed by atoms with E-state index in [1.807, 2.05) is 6.07 Å². The van der Waals surface area contributed by atoms with Gasteiger partial charge in [0.2, 0.25) is 9.84 Å². The Morgan fingerprint density at radius 3 is 2.48 bits per heavy atom. The number of rotatable bonds is 4. The van der Waals surface area contributed by atoms with Gasteiger partial charge in [0, 0.05) is 6.42 Å². The summed E-state index contributed by atoms with van der Waals surface area (Å²) in [5.74, 6) is -1.27. The highest BCUT2D eigenvalue weighted by Gasteiger charge is 2.56. The second kappa shape index (κ2) is 6.34. The molecule has 1 aliphatic rings. The minimum absolute atomic E-state index is 0.0656. The predicted molar refractivity (Wildman–Crippen MR) is 91.4 cm³/mol. The molecule has 0 amide bonds. The lowest BCUT2D eigenvalue weighted by molar-refractivity contribution is -0.145. The summed E-state index contributed by atoms with van der Waals surface area (Å²) >= 11 is 0. The van der Waals surface area contributed by atoms with Gasteiger partial charge in [-0.15, -0.1) is 0 Å². The van der Waals surface area contributed by atoms with Gasteiger partial charge in [-0.3, -0.25) is 4.79 Å². The number of hydrogen-bond donors (Lipinski definition) is 0. The number of esters is 1. The lowest BCUT2D eigenvalue weighted by Gasteiger charge is -2.23. The van der Waals surface area contributed by atoms with Crippen molar-refractivity contribution < 1.29 is 17.9 Å². The average Bonchev–Trinajstić information content (AvgIpc) is 2.99. The molecule has 0 heterocycles. The van der Waals surface area contributed by atoms with Crippen LogP contribution in [0, 0.1) is 11.3 Å². The van der Waals surface area contributed by atoms with Crippen molar-refractivity contribution in [3.8, 4) is 6.07 Å². The molecule has 5 nitrogen and oxygen atoms in total. The van der Waals surface area contributed by atoms with Gasteiger partial charge in [0.25, 0.3) is 0 Å². The fourth-order valence-corrected chi connectivity index (χ4v) is 5.25. The van der Waals surface area contributed by atoms with E-state index in [4.69, 9.17) is 4.74 Å². The first-order chi connectivity index (χ1) is 12.0. The van der Waals surface area contributed by atoms with Crippen LogP contribution in [-0.4, -0.2) is 21.0 Å². The smallest absolute Gasteiger partial charge is 0.313 e. The van der Waals surface area contributed by atoms with Crippen molar-refractivity contribution >= 4 is 15.8 Å². The minimum atomic E-state index is -4.01. The van der Waals surface area contributed by atoms with Crippen molar-refractivity contribution in [2.45, 2.75) is 28.9 Å². The number of carbonyl (C=O) groups is 1. The van der Waals surface area contributed by atoms with Crippen LogP contribution in [0.5, 0.6) is 0 Å². The molecule has 2 unspecified atom stereocenters. The maximum atomic E-state index is 13.3. The van der Waals surface area contributed by atoms with Gasteiger partial charge in [-0.05, 0) is 30.2 Å². The molecular weight excluding hydrogens is 338 g/mol. The second-order valence-corrected chi connectivity index (χ2v) is 8.03. The summed E-state index contributed by atoms with van der Waals surface area (Å²) in [5, 5.41) is 9.91. The number of fused-ring (bicyclic) bond motifs is 1. The Hall–Kier alpha value is -2.65. The molecular formula is C19H17NO4S. The van der Waals surface area contributed by atoms with Gasteiger partial charge in [-0.2, -0.15) is 5.26 Å². The van der Waals surface area contributed by atoms with Crippen LogP contribution < -0.4 is 0 Å². The molecule has 6 heteroatoms. The monoisotopic (exact) mass is 355 g/mol. The standard InChI is InChI=1S/C19H17NO4S/c1-2-24-18(21)16-12-19(13-20,17-11-7-6-10-15(16)17)25(22,23)14-8-4-3-5-9-14/h3-11,16H,2,12H2,1H3. The highest BCUT2D eigenvalue weighted by Crippen LogP contribution is 2.51. The zero-order valence-corrected chi connectivity index (χ0v) is 14.5. The number of ether oxygens (including phenoxy) is 1. The molecule has 0 aliphatic heterocycles. The van der Waals surface area contributed by atoms with Crippen molar-refractivity contribution in [3.05, 3.63) is 65.7 Å². The Kier molecular flexibility index (Phi) is 4.36. The molecule has 0 radical (unpaired) electrons. The van der Waals surface area contributed by atoms with Crippen molar-refractivity contribution in [1.82, 2.24) is 0 Å². The van der Waals surface area contributed by atoms with E-state index < -0.39 is 26.5 Å². The van der Waals surface area contributed by atoms with Crippen LogP contribution in [0.4, 0.5) is 0 Å². The molecule has 3 rings (SSSR count). The lowest BCUT2D eigenvalue weighted by atomic mass is 10.0. The highest BCUT2D eigenvalue weighted by molar-refractivity contribution is 7.92. The first kappa shape index (κ1) is 17.2. The lowest BCUT2D eigenvalue weighted by Crippen LogP contribution is -2.33. The summed E-state index contributed by atoms with van der Waals surface area (Å²) in [6.45, 7) is 1.89. The van der Waals surface area contributed by atoms with Gasteiger partial charge < -0.3 is 4.74 Å². The molecule has 0 saturated carbocycles. The predicted octanol–water partition coefficient (Wildman–Crippen LogP) is 2.93.